The van der Waals surface area contributed by atoms with E-state index in [1.165, 1.54) is 10.9 Å². The average Bonchev–Trinajstić information content (AvgIpc) is 2.84. The van der Waals surface area contributed by atoms with Crippen LogP contribution in [0.1, 0.15) is 20.2 Å². The molecule has 5 nitrogen and oxygen atoms in total. The molecule has 0 aliphatic rings. The zero-order valence-corrected chi connectivity index (χ0v) is 11.9. The van der Waals surface area contributed by atoms with Gasteiger partial charge in [0.2, 0.25) is 0 Å². The second kappa shape index (κ2) is 7.02. The second-order valence-electron chi connectivity index (χ2n) is 4.17. The predicted octanol–water partition coefficient (Wildman–Crippen LogP) is 2.32. The molecule has 2 aromatic rings. The number of aryl methyl sites for hydroxylation is 1. The fraction of sp³-hybridized carbons (Fsp3) is 0.286. The van der Waals surface area contributed by atoms with Crippen LogP contribution in [-0.4, -0.2) is 29.2 Å². The van der Waals surface area contributed by atoms with E-state index in [-0.39, 0.29) is 5.56 Å². The molecule has 0 aliphatic carbocycles. The normalized spacial score (nSPS) is 10.4. The number of para-hydroxylation sites is 1. The summed E-state index contributed by atoms with van der Waals surface area (Å²) < 4.78 is 5.49. The highest BCUT2D eigenvalue weighted by atomic mass is 32.1. The number of carboxylic acids is 1. The molecular formula is C14H16N2O3S. The van der Waals surface area contributed by atoms with Crippen LogP contribution in [0.2, 0.25) is 0 Å². The first-order valence-corrected chi connectivity index (χ1v) is 7.05. The van der Waals surface area contributed by atoms with Gasteiger partial charge in [-0.1, -0.05) is 12.1 Å². The highest BCUT2D eigenvalue weighted by Crippen LogP contribution is 2.17. The van der Waals surface area contributed by atoms with Crippen molar-refractivity contribution in [3.05, 3.63) is 45.9 Å². The van der Waals surface area contributed by atoms with Crippen molar-refractivity contribution in [2.24, 2.45) is 0 Å². The molecule has 106 valence electrons. The van der Waals surface area contributed by atoms with Crippen molar-refractivity contribution < 1.29 is 14.6 Å². The Hall–Kier alpha value is -1.92. The van der Waals surface area contributed by atoms with E-state index in [1.54, 1.807) is 29.5 Å². The van der Waals surface area contributed by atoms with Gasteiger partial charge in [0.1, 0.15) is 17.9 Å². The molecule has 1 aromatic carbocycles. The number of thiazole rings is 1. The van der Waals surface area contributed by atoms with E-state index < -0.39 is 5.97 Å². The smallest absolute Gasteiger partial charge is 0.339 e. The van der Waals surface area contributed by atoms with Crippen molar-refractivity contribution in [3.63, 3.8) is 0 Å². The molecule has 0 spiro atoms. The van der Waals surface area contributed by atoms with Gasteiger partial charge in [-0.25, -0.2) is 9.78 Å². The van der Waals surface area contributed by atoms with E-state index in [0.717, 1.165) is 11.6 Å². The average molecular weight is 292 g/mol. The standard InChI is InChI=1S/C14H16N2O3S/c1-10-16-9-11(20-10)8-15-6-7-19-13-5-3-2-4-12(13)14(17)18/h2-5,9,15H,6-8H2,1H3,(H,17,18). The number of carboxylic acid groups (broad SMARTS) is 1. The van der Waals surface area contributed by atoms with Gasteiger partial charge < -0.3 is 15.2 Å². The van der Waals surface area contributed by atoms with E-state index in [9.17, 15) is 4.79 Å². The number of carbonyl (C=O) groups is 1. The maximum absolute atomic E-state index is 11.0. The molecule has 6 heteroatoms. The predicted molar refractivity (Wildman–Crippen MR) is 77.5 cm³/mol. The lowest BCUT2D eigenvalue weighted by molar-refractivity contribution is 0.0692. The Bertz CT molecular complexity index is 583. The van der Waals surface area contributed by atoms with Gasteiger partial charge in [0.05, 0.1) is 5.01 Å². The summed E-state index contributed by atoms with van der Waals surface area (Å²) in [5.74, 6) is -0.580. The van der Waals surface area contributed by atoms with Crippen LogP contribution in [-0.2, 0) is 6.54 Å². The Kier molecular flexibility index (Phi) is 5.09. The van der Waals surface area contributed by atoms with Crippen LogP contribution in [0.3, 0.4) is 0 Å². The van der Waals surface area contributed by atoms with Crippen LogP contribution < -0.4 is 10.1 Å². The highest BCUT2D eigenvalue weighted by molar-refractivity contribution is 7.11. The van der Waals surface area contributed by atoms with Gasteiger partial charge in [0.25, 0.3) is 0 Å². The Morgan fingerprint density at radius 1 is 1.45 bits per heavy atom. The van der Waals surface area contributed by atoms with E-state index in [1.807, 2.05) is 13.1 Å². The summed E-state index contributed by atoms with van der Waals surface area (Å²) in [6, 6.07) is 6.64. The molecule has 0 amide bonds. The lowest BCUT2D eigenvalue weighted by Crippen LogP contribution is -2.20. The van der Waals surface area contributed by atoms with Gasteiger partial charge in [-0.05, 0) is 19.1 Å². The molecule has 1 aromatic heterocycles. The number of nitrogens with one attached hydrogen (secondary N) is 1. The first-order valence-electron chi connectivity index (χ1n) is 6.24. The van der Waals surface area contributed by atoms with Crippen molar-refractivity contribution in [2.75, 3.05) is 13.2 Å². The topological polar surface area (TPSA) is 71.5 Å². The van der Waals surface area contributed by atoms with Gasteiger partial charge in [-0.2, -0.15) is 0 Å². The Morgan fingerprint density at radius 3 is 2.95 bits per heavy atom. The second-order valence-corrected chi connectivity index (χ2v) is 5.49. The minimum Gasteiger partial charge on any atom is -0.491 e. The molecule has 0 atom stereocenters. The number of rotatable bonds is 7. The number of aromatic nitrogens is 1. The highest BCUT2D eigenvalue weighted by Gasteiger charge is 2.09. The maximum atomic E-state index is 11.0. The monoisotopic (exact) mass is 292 g/mol. The molecule has 2 N–H and O–H groups in total. The summed E-state index contributed by atoms with van der Waals surface area (Å²) >= 11 is 1.66. The maximum Gasteiger partial charge on any atom is 0.339 e. The molecular weight excluding hydrogens is 276 g/mol. The zero-order chi connectivity index (χ0) is 14.4. The van der Waals surface area contributed by atoms with Crippen LogP contribution in [0, 0.1) is 6.92 Å². The zero-order valence-electron chi connectivity index (χ0n) is 11.1. The summed E-state index contributed by atoms with van der Waals surface area (Å²) in [6.07, 6.45) is 1.85. The quantitative estimate of drug-likeness (QED) is 0.766. The fourth-order valence-electron chi connectivity index (χ4n) is 1.70. The summed E-state index contributed by atoms with van der Waals surface area (Å²) in [5.41, 5.74) is 0.186. The van der Waals surface area contributed by atoms with E-state index in [4.69, 9.17) is 9.84 Å². The lowest BCUT2D eigenvalue weighted by Gasteiger charge is -2.09. The van der Waals surface area contributed by atoms with Gasteiger partial charge in [-0.3, -0.25) is 0 Å². The van der Waals surface area contributed by atoms with Crippen molar-refractivity contribution in [3.8, 4) is 5.75 Å². The molecule has 0 radical (unpaired) electrons. The van der Waals surface area contributed by atoms with Crippen LogP contribution in [0.15, 0.2) is 30.5 Å². The van der Waals surface area contributed by atoms with E-state index in [0.29, 0.717) is 18.9 Å². The fourth-order valence-corrected chi connectivity index (χ4v) is 2.47. The molecule has 20 heavy (non-hydrogen) atoms. The summed E-state index contributed by atoms with van der Waals surface area (Å²) in [5, 5.41) is 13.3. The van der Waals surface area contributed by atoms with Crippen LogP contribution >= 0.6 is 11.3 Å². The SMILES string of the molecule is Cc1ncc(CNCCOc2ccccc2C(=O)O)s1. The number of nitrogens with zero attached hydrogens (tertiary/aromatic N) is 1. The number of aromatic carboxylic acids is 1. The van der Waals surface area contributed by atoms with Gasteiger partial charge >= 0.3 is 5.97 Å². The van der Waals surface area contributed by atoms with Crippen molar-refractivity contribution in [1.29, 1.82) is 0 Å². The summed E-state index contributed by atoms with van der Waals surface area (Å²) in [4.78, 5) is 16.3. The van der Waals surface area contributed by atoms with Gasteiger partial charge in [0.15, 0.2) is 0 Å². The number of hydrogen-bond donors (Lipinski definition) is 2. The molecule has 0 aliphatic heterocycles. The molecule has 0 saturated carbocycles. The van der Waals surface area contributed by atoms with Gasteiger partial charge in [-0.15, -0.1) is 11.3 Å². The van der Waals surface area contributed by atoms with Crippen molar-refractivity contribution in [2.45, 2.75) is 13.5 Å². The Balaban J connectivity index is 1.75. The Morgan fingerprint density at radius 2 is 2.25 bits per heavy atom. The summed E-state index contributed by atoms with van der Waals surface area (Å²) in [7, 11) is 0. The number of benzene rings is 1. The van der Waals surface area contributed by atoms with Crippen molar-refractivity contribution in [1.82, 2.24) is 10.3 Å². The third kappa shape index (κ3) is 4.04. The molecule has 0 saturated heterocycles. The first-order chi connectivity index (χ1) is 9.66. The molecule has 0 fully saturated rings. The van der Waals surface area contributed by atoms with E-state index in [2.05, 4.69) is 10.3 Å². The van der Waals surface area contributed by atoms with Crippen LogP contribution in [0.4, 0.5) is 0 Å². The minimum absolute atomic E-state index is 0.186. The van der Waals surface area contributed by atoms with Gasteiger partial charge in [0, 0.05) is 24.2 Å². The largest absolute Gasteiger partial charge is 0.491 e. The Labute approximate surface area is 121 Å². The van der Waals surface area contributed by atoms with Crippen LogP contribution in [0.5, 0.6) is 5.75 Å². The van der Waals surface area contributed by atoms with E-state index >= 15 is 0 Å². The minimum atomic E-state index is -0.978. The molecule has 1 heterocycles. The van der Waals surface area contributed by atoms with Crippen molar-refractivity contribution >= 4 is 17.3 Å². The molecule has 2 rings (SSSR count). The first kappa shape index (κ1) is 14.5. The molecule has 0 bridgehead atoms. The number of hydrogen-bond acceptors (Lipinski definition) is 5. The lowest BCUT2D eigenvalue weighted by atomic mass is 10.2. The molecule has 0 unspecified atom stereocenters. The summed E-state index contributed by atoms with van der Waals surface area (Å²) in [6.45, 7) is 3.78. The third-order valence-corrected chi connectivity index (χ3v) is 3.54. The third-order valence-electron chi connectivity index (χ3n) is 2.62. The number of ether oxygens (including phenoxy) is 1. The van der Waals surface area contributed by atoms with Crippen LogP contribution in [0.25, 0.3) is 0 Å².